The van der Waals surface area contributed by atoms with E-state index in [1.54, 1.807) is 17.2 Å². The van der Waals surface area contributed by atoms with E-state index in [0.29, 0.717) is 31.4 Å². The lowest BCUT2D eigenvalue weighted by atomic mass is 9.92. The van der Waals surface area contributed by atoms with Crippen molar-refractivity contribution in [1.82, 2.24) is 9.88 Å². The van der Waals surface area contributed by atoms with Gasteiger partial charge in [0.1, 0.15) is 0 Å². The average Bonchev–Trinajstić information content (AvgIpc) is 3.29. The van der Waals surface area contributed by atoms with Gasteiger partial charge < -0.3 is 9.64 Å². The lowest BCUT2D eigenvalue weighted by Gasteiger charge is -2.27. The molecular weight excluding hydrogens is 354 g/mol. The molecule has 1 saturated heterocycles. The van der Waals surface area contributed by atoms with Gasteiger partial charge in [0.05, 0.1) is 17.5 Å². The second-order valence-electron chi connectivity index (χ2n) is 7.47. The standard InChI is InChI=1S/C20H16F2N2O3/c21-15-3-1-2-14(16(15)22)19(5-6-19)18(26)24-9-7-20(11-24)13-4-8-23-10-12(13)17(25)27-20/h1-4,8,10H,5-7,9,11H2/t20-/m0/s1. The molecule has 0 unspecified atom stereocenters. The minimum Gasteiger partial charge on any atom is -0.449 e. The Morgan fingerprint density at radius 2 is 1.96 bits per heavy atom. The van der Waals surface area contributed by atoms with Crippen molar-refractivity contribution in [2.45, 2.75) is 30.3 Å². The lowest BCUT2D eigenvalue weighted by Crippen LogP contribution is -2.40. The fraction of sp³-hybridized carbons (Fsp3) is 0.350. The number of carbonyl (C=O) groups is 2. The van der Waals surface area contributed by atoms with Crippen LogP contribution in [0.1, 0.15) is 40.7 Å². The third-order valence-electron chi connectivity index (χ3n) is 5.97. The number of hydrogen-bond donors (Lipinski definition) is 0. The van der Waals surface area contributed by atoms with E-state index in [-0.39, 0.29) is 18.0 Å². The molecule has 3 heterocycles. The molecule has 1 saturated carbocycles. The zero-order valence-corrected chi connectivity index (χ0v) is 14.4. The van der Waals surface area contributed by atoms with Crippen LogP contribution in [0, 0.1) is 11.6 Å². The van der Waals surface area contributed by atoms with Gasteiger partial charge in [-0.05, 0) is 25.0 Å². The molecule has 0 bridgehead atoms. The summed E-state index contributed by atoms with van der Waals surface area (Å²) in [7, 11) is 0. The number of likely N-dealkylation sites (tertiary alicyclic amines) is 1. The molecule has 1 aromatic heterocycles. The molecule has 2 aromatic rings. The molecule has 7 heteroatoms. The number of amides is 1. The van der Waals surface area contributed by atoms with Crippen LogP contribution in [0.2, 0.25) is 0 Å². The molecule has 0 radical (unpaired) electrons. The first-order chi connectivity index (χ1) is 13.0. The largest absolute Gasteiger partial charge is 0.449 e. The number of carbonyl (C=O) groups excluding carboxylic acids is 2. The highest BCUT2D eigenvalue weighted by Crippen LogP contribution is 2.52. The summed E-state index contributed by atoms with van der Waals surface area (Å²) in [5, 5.41) is 0. The Labute approximate surface area is 154 Å². The summed E-state index contributed by atoms with van der Waals surface area (Å²) in [6, 6.07) is 5.70. The first-order valence-corrected chi connectivity index (χ1v) is 8.89. The fourth-order valence-corrected chi connectivity index (χ4v) is 4.40. The molecule has 3 aliphatic rings. The third-order valence-corrected chi connectivity index (χ3v) is 5.97. The van der Waals surface area contributed by atoms with Gasteiger partial charge in [-0.3, -0.25) is 9.78 Å². The topological polar surface area (TPSA) is 59.5 Å². The third kappa shape index (κ3) is 2.17. The van der Waals surface area contributed by atoms with Crippen LogP contribution in [0.3, 0.4) is 0 Å². The van der Waals surface area contributed by atoms with Crippen LogP contribution < -0.4 is 0 Å². The van der Waals surface area contributed by atoms with Crippen LogP contribution >= 0.6 is 0 Å². The highest BCUT2D eigenvalue weighted by Gasteiger charge is 2.58. The van der Waals surface area contributed by atoms with Crippen molar-refractivity contribution in [3.63, 3.8) is 0 Å². The van der Waals surface area contributed by atoms with Gasteiger partial charge in [0.15, 0.2) is 17.2 Å². The highest BCUT2D eigenvalue weighted by atomic mass is 19.2. The van der Waals surface area contributed by atoms with E-state index >= 15 is 0 Å². The Kier molecular flexibility index (Phi) is 3.24. The van der Waals surface area contributed by atoms with E-state index in [1.807, 2.05) is 0 Å². The second-order valence-corrected chi connectivity index (χ2v) is 7.47. The molecule has 1 amide bonds. The number of hydrogen-bond acceptors (Lipinski definition) is 4. The molecule has 0 N–H and O–H groups in total. The molecular formula is C20H16F2N2O3. The minimum atomic E-state index is -1.01. The van der Waals surface area contributed by atoms with Gasteiger partial charge in [0.2, 0.25) is 5.91 Å². The molecule has 5 nitrogen and oxygen atoms in total. The Morgan fingerprint density at radius 1 is 1.15 bits per heavy atom. The number of nitrogens with zero attached hydrogens (tertiary/aromatic N) is 2. The van der Waals surface area contributed by atoms with Gasteiger partial charge in [-0.25, -0.2) is 13.6 Å². The molecule has 138 valence electrons. The van der Waals surface area contributed by atoms with Gasteiger partial charge >= 0.3 is 5.97 Å². The van der Waals surface area contributed by atoms with E-state index in [9.17, 15) is 18.4 Å². The van der Waals surface area contributed by atoms with Crippen LogP contribution in [0.25, 0.3) is 0 Å². The molecule has 5 rings (SSSR count). The van der Waals surface area contributed by atoms with E-state index in [2.05, 4.69) is 4.98 Å². The van der Waals surface area contributed by atoms with Crippen molar-refractivity contribution >= 4 is 11.9 Å². The van der Waals surface area contributed by atoms with Crippen molar-refractivity contribution < 1.29 is 23.1 Å². The number of aromatic nitrogens is 1. The average molecular weight is 370 g/mol. The smallest absolute Gasteiger partial charge is 0.341 e. The zero-order valence-electron chi connectivity index (χ0n) is 14.4. The molecule has 2 aliphatic heterocycles. The number of halogens is 2. The number of esters is 1. The van der Waals surface area contributed by atoms with Crippen LogP contribution in [-0.2, 0) is 20.5 Å². The first-order valence-electron chi connectivity index (χ1n) is 8.89. The maximum Gasteiger partial charge on any atom is 0.341 e. The van der Waals surface area contributed by atoms with Crippen molar-refractivity contribution in [3.05, 3.63) is 65.0 Å². The predicted molar refractivity (Wildman–Crippen MR) is 89.8 cm³/mol. The van der Waals surface area contributed by atoms with Crippen molar-refractivity contribution in [2.24, 2.45) is 0 Å². The number of benzene rings is 1. The summed E-state index contributed by atoms with van der Waals surface area (Å²) in [5.41, 5.74) is -0.617. The van der Waals surface area contributed by atoms with Gasteiger partial charge in [0.25, 0.3) is 0 Å². The molecule has 1 aromatic carbocycles. The Bertz CT molecular complexity index is 989. The Balaban J connectivity index is 1.46. The predicted octanol–water partition coefficient (Wildman–Crippen LogP) is 2.69. The molecule has 1 spiro atoms. The quantitative estimate of drug-likeness (QED) is 0.763. The normalized spacial score (nSPS) is 24.8. The van der Waals surface area contributed by atoms with Gasteiger partial charge in [-0.2, -0.15) is 0 Å². The van der Waals surface area contributed by atoms with E-state index in [0.717, 1.165) is 11.6 Å². The summed E-state index contributed by atoms with van der Waals surface area (Å²) >= 11 is 0. The monoisotopic (exact) mass is 370 g/mol. The van der Waals surface area contributed by atoms with E-state index in [4.69, 9.17) is 4.74 Å². The van der Waals surface area contributed by atoms with Gasteiger partial charge in [-0.1, -0.05) is 12.1 Å². The summed E-state index contributed by atoms with van der Waals surface area (Å²) < 4.78 is 33.6. The van der Waals surface area contributed by atoms with Gasteiger partial charge in [-0.15, -0.1) is 0 Å². The van der Waals surface area contributed by atoms with Crippen molar-refractivity contribution in [1.29, 1.82) is 0 Å². The first kappa shape index (κ1) is 16.4. The molecule has 2 fully saturated rings. The van der Waals surface area contributed by atoms with Crippen LogP contribution in [0.5, 0.6) is 0 Å². The fourth-order valence-electron chi connectivity index (χ4n) is 4.40. The van der Waals surface area contributed by atoms with Crippen LogP contribution in [0.4, 0.5) is 8.78 Å². The SMILES string of the molecule is O=C1O[C@]2(CCN(C(=O)C3(c4cccc(F)c4F)CC3)C2)c2ccncc21. The van der Waals surface area contributed by atoms with E-state index < -0.39 is 28.6 Å². The number of ether oxygens (including phenoxy) is 1. The van der Waals surface area contributed by atoms with Crippen LogP contribution in [-0.4, -0.2) is 34.8 Å². The van der Waals surface area contributed by atoms with Crippen molar-refractivity contribution in [3.8, 4) is 0 Å². The maximum atomic E-state index is 14.3. The van der Waals surface area contributed by atoms with Crippen molar-refractivity contribution in [2.75, 3.05) is 13.1 Å². The number of pyridine rings is 1. The second kappa shape index (κ2) is 5.34. The highest BCUT2D eigenvalue weighted by molar-refractivity contribution is 5.95. The van der Waals surface area contributed by atoms with E-state index in [1.165, 1.54) is 18.3 Å². The molecule has 27 heavy (non-hydrogen) atoms. The summed E-state index contributed by atoms with van der Waals surface area (Å²) in [4.78, 5) is 30.9. The Hall–Kier alpha value is -2.83. The minimum absolute atomic E-state index is 0.112. The number of fused-ring (bicyclic) bond motifs is 2. The molecule has 1 aliphatic carbocycles. The molecule has 1 atom stereocenters. The maximum absolute atomic E-state index is 14.3. The van der Waals surface area contributed by atoms with Gasteiger partial charge in [0, 0.05) is 36.5 Å². The summed E-state index contributed by atoms with van der Waals surface area (Å²) in [5.74, 6) is -2.58. The summed E-state index contributed by atoms with van der Waals surface area (Å²) in [6.45, 7) is 0.611. The lowest BCUT2D eigenvalue weighted by molar-refractivity contribution is -0.134. The van der Waals surface area contributed by atoms with Crippen LogP contribution in [0.15, 0.2) is 36.7 Å². The zero-order chi connectivity index (χ0) is 18.8. The summed E-state index contributed by atoms with van der Waals surface area (Å²) in [6.07, 6.45) is 4.51. The number of rotatable bonds is 2. The Morgan fingerprint density at radius 3 is 2.74 bits per heavy atom.